The molecule has 2 heterocycles. The second-order valence-electron chi connectivity index (χ2n) is 7.11. The van der Waals surface area contributed by atoms with Gasteiger partial charge in [-0.3, -0.25) is 4.79 Å². The zero-order valence-corrected chi connectivity index (χ0v) is 18.4. The van der Waals surface area contributed by atoms with Crippen molar-refractivity contribution in [2.45, 2.75) is 18.1 Å². The Kier molecular flexibility index (Phi) is 6.52. The number of carbonyl (C=O) groups excluding carboxylic acids is 1. The smallest absolute Gasteiger partial charge is 0.191 e. The van der Waals surface area contributed by atoms with Crippen LogP contribution in [0.15, 0.2) is 78.1 Å². The van der Waals surface area contributed by atoms with E-state index in [2.05, 4.69) is 26.9 Å². The fraction of sp³-hybridized carbons (Fsp3) is 0.208. The maximum atomic E-state index is 12.6. The third-order valence-electron chi connectivity index (χ3n) is 5.09. The van der Waals surface area contributed by atoms with Crippen molar-refractivity contribution < 1.29 is 9.53 Å². The van der Waals surface area contributed by atoms with Gasteiger partial charge in [0, 0.05) is 19.8 Å². The van der Waals surface area contributed by atoms with E-state index in [9.17, 15) is 4.79 Å². The standard InChI is InChI=1S/C24H24N4O2S/c1-27-15-8-12-20(27)21(29)17-31-24-26-25-23(19-11-6-7-13-22(19)30-2)28(24)16-14-18-9-4-3-5-10-18/h3-13,15H,14,16-17H2,1-2H3. The molecule has 0 N–H and O–H groups in total. The Morgan fingerprint density at radius 1 is 1.00 bits per heavy atom. The summed E-state index contributed by atoms with van der Waals surface area (Å²) >= 11 is 1.41. The van der Waals surface area contributed by atoms with E-state index in [1.54, 1.807) is 7.11 Å². The second kappa shape index (κ2) is 9.66. The molecule has 0 atom stereocenters. The van der Waals surface area contributed by atoms with Crippen molar-refractivity contribution in [3.05, 3.63) is 84.2 Å². The van der Waals surface area contributed by atoms with Gasteiger partial charge in [-0.25, -0.2) is 0 Å². The third kappa shape index (κ3) is 4.72. The first kappa shape index (κ1) is 20.9. The Morgan fingerprint density at radius 2 is 1.77 bits per heavy atom. The van der Waals surface area contributed by atoms with Crippen LogP contribution in [-0.2, 0) is 20.0 Å². The predicted octanol–water partition coefficient (Wildman–Crippen LogP) is 4.51. The number of benzene rings is 2. The van der Waals surface area contributed by atoms with E-state index in [-0.39, 0.29) is 5.78 Å². The van der Waals surface area contributed by atoms with Crippen LogP contribution in [0.3, 0.4) is 0 Å². The molecule has 2 aromatic carbocycles. The van der Waals surface area contributed by atoms with Crippen LogP contribution in [0, 0.1) is 0 Å². The molecule has 2 aromatic heterocycles. The number of para-hydroxylation sites is 1. The summed E-state index contributed by atoms with van der Waals surface area (Å²) in [7, 11) is 3.53. The second-order valence-corrected chi connectivity index (χ2v) is 8.05. The SMILES string of the molecule is COc1ccccc1-c1nnc(SCC(=O)c2cccn2C)n1CCc1ccccc1. The number of ether oxygens (including phenoxy) is 1. The Balaban J connectivity index is 1.62. The zero-order valence-electron chi connectivity index (χ0n) is 17.6. The van der Waals surface area contributed by atoms with E-state index < -0.39 is 0 Å². The molecule has 0 aliphatic heterocycles. The third-order valence-corrected chi connectivity index (χ3v) is 6.06. The van der Waals surface area contributed by atoms with Gasteiger partial charge in [0.15, 0.2) is 16.8 Å². The highest BCUT2D eigenvalue weighted by Crippen LogP contribution is 2.31. The van der Waals surface area contributed by atoms with E-state index in [4.69, 9.17) is 4.74 Å². The molecule has 158 valence electrons. The summed E-state index contributed by atoms with van der Waals surface area (Å²) in [4.78, 5) is 12.6. The maximum absolute atomic E-state index is 12.6. The molecule has 0 fully saturated rings. The molecule has 0 spiro atoms. The number of methoxy groups -OCH3 is 1. The first-order chi connectivity index (χ1) is 15.2. The van der Waals surface area contributed by atoms with Crippen LogP contribution in [-0.4, -0.2) is 38.0 Å². The number of carbonyl (C=O) groups is 1. The van der Waals surface area contributed by atoms with E-state index in [1.807, 2.05) is 72.4 Å². The van der Waals surface area contributed by atoms with Crippen LogP contribution in [0.2, 0.25) is 0 Å². The molecular formula is C24H24N4O2S. The van der Waals surface area contributed by atoms with Crippen molar-refractivity contribution in [1.82, 2.24) is 19.3 Å². The summed E-state index contributed by atoms with van der Waals surface area (Å²) in [5.41, 5.74) is 2.80. The van der Waals surface area contributed by atoms with Crippen molar-refractivity contribution in [2.24, 2.45) is 7.05 Å². The van der Waals surface area contributed by atoms with Crippen LogP contribution in [0.4, 0.5) is 0 Å². The van der Waals surface area contributed by atoms with E-state index in [0.29, 0.717) is 18.0 Å². The molecule has 31 heavy (non-hydrogen) atoms. The van der Waals surface area contributed by atoms with Crippen molar-refractivity contribution in [2.75, 3.05) is 12.9 Å². The number of rotatable bonds is 9. The molecule has 0 aliphatic carbocycles. The summed E-state index contributed by atoms with van der Waals surface area (Å²) in [6.07, 6.45) is 2.71. The van der Waals surface area contributed by atoms with Crippen LogP contribution < -0.4 is 4.74 Å². The van der Waals surface area contributed by atoms with Crippen molar-refractivity contribution >= 4 is 17.5 Å². The number of Topliss-reactive ketones (excluding diaryl/α,β-unsaturated/α-hetero) is 1. The first-order valence-corrected chi connectivity index (χ1v) is 11.0. The quantitative estimate of drug-likeness (QED) is 0.288. The number of aryl methyl sites for hydroxylation is 2. The Bertz CT molecular complexity index is 1170. The molecule has 0 unspecified atom stereocenters. The Morgan fingerprint density at radius 3 is 2.52 bits per heavy atom. The largest absolute Gasteiger partial charge is 0.496 e. The van der Waals surface area contributed by atoms with Gasteiger partial charge in [0.1, 0.15) is 5.75 Å². The molecule has 0 aliphatic rings. The highest BCUT2D eigenvalue weighted by molar-refractivity contribution is 7.99. The minimum absolute atomic E-state index is 0.0638. The predicted molar refractivity (Wildman–Crippen MR) is 123 cm³/mol. The summed E-state index contributed by atoms with van der Waals surface area (Å²) < 4.78 is 9.46. The number of ketones is 1. The number of nitrogens with zero attached hydrogens (tertiary/aromatic N) is 4. The molecule has 0 saturated carbocycles. The summed E-state index contributed by atoms with van der Waals surface area (Å²) in [5, 5.41) is 9.60. The van der Waals surface area contributed by atoms with Crippen LogP contribution in [0.5, 0.6) is 5.75 Å². The fourth-order valence-corrected chi connectivity index (χ4v) is 4.31. The first-order valence-electron chi connectivity index (χ1n) is 10.0. The summed E-state index contributed by atoms with van der Waals surface area (Å²) in [5.74, 6) is 1.84. The maximum Gasteiger partial charge on any atom is 0.191 e. The highest BCUT2D eigenvalue weighted by atomic mass is 32.2. The van der Waals surface area contributed by atoms with Gasteiger partial charge in [0.2, 0.25) is 0 Å². The molecule has 0 saturated heterocycles. The average Bonchev–Trinajstić information content (AvgIpc) is 3.42. The van der Waals surface area contributed by atoms with Gasteiger partial charge in [-0.1, -0.05) is 54.2 Å². The number of hydrogen-bond donors (Lipinski definition) is 0. The Hall–Kier alpha value is -3.32. The molecule has 0 radical (unpaired) electrons. The van der Waals surface area contributed by atoms with E-state index in [1.165, 1.54) is 17.3 Å². The van der Waals surface area contributed by atoms with E-state index in [0.717, 1.165) is 28.7 Å². The average molecular weight is 433 g/mol. The van der Waals surface area contributed by atoms with Crippen LogP contribution in [0.25, 0.3) is 11.4 Å². The van der Waals surface area contributed by atoms with E-state index >= 15 is 0 Å². The lowest BCUT2D eigenvalue weighted by atomic mass is 10.1. The summed E-state index contributed by atoms with van der Waals surface area (Å²) in [6, 6.07) is 21.8. The Labute approximate surface area is 185 Å². The van der Waals surface area contributed by atoms with Gasteiger partial charge < -0.3 is 13.9 Å². The summed E-state index contributed by atoms with van der Waals surface area (Å²) in [6.45, 7) is 0.699. The minimum Gasteiger partial charge on any atom is -0.496 e. The van der Waals surface area contributed by atoms with Crippen LogP contribution >= 0.6 is 11.8 Å². The lowest BCUT2D eigenvalue weighted by molar-refractivity contribution is 0.101. The van der Waals surface area contributed by atoms with Gasteiger partial charge in [0.05, 0.1) is 24.1 Å². The number of thioether (sulfide) groups is 1. The van der Waals surface area contributed by atoms with Crippen molar-refractivity contribution in [1.29, 1.82) is 0 Å². The topological polar surface area (TPSA) is 61.9 Å². The fourth-order valence-electron chi connectivity index (χ4n) is 3.47. The molecule has 7 heteroatoms. The van der Waals surface area contributed by atoms with Crippen molar-refractivity contribution in [3.63, 3.8) is 0 Å². The number of aromatic nitrogens is 4. The highest BCUT2D eigenvalue weighted by Gasteiger charge is 2.19. The zero-order chi connectivity index (χ0) is 21.6. The number of hydrogen-bond acceptors (Lipinski definition) is 5. The lowest BCUT2D eigenvalue weighted by Crippen LogP contribution is -2.10. The normalized spacial score (nSPS) is 10.9. The lowest BCUT2D eigenvalue weighted by Gasteiger charge is -2.12. The molecule has 0 bridgehead atoms. The molecule has 4 rings (SSSR count). The van der Waals surface area contributed by atoms with Gasteiger partial charge in [-0.2, -0.15) is 0 Å². The van der Waals surface area contributed by atoms with Gasteiger partial charge in [-0.15, -0.1) is 10.2 Å². The van der Waals surface area contributed by atoms with Crippen molar-refractivity contribution in [3.8, 4) is 17.1 Å². The molecule has 4 aromatic rings. The minimum atomic E-state index is 0.0638. The monoisotopic (exact) mass is 432 g/mol. The molecule has 0 amide bonds. The molecule has 6 nitrogen and oxygen atoms in total. The van der Waals surface area contributed by atoms with Gasteiger partial charge in [0.25, 0.3) is 0 Å². The molecular weight excluding hydrogens is 408 g/mol. The van der Waals surface area contributed by atoms with Gasteiger partial charge in [-0.05, 0) is 36.2 Å². The van der Waals surface area contributed by atoms with Gasteiger partial charge >= 0.3 is 0 Å². The van der Waals surface area contributed by atoms with Crippen LogP contribution in [0.1, 0.15) is 16.1 Å².